The van der Waals surface area contributed by atoms with Crippen molar-refractivity contribution in [3.63, 3.8) is 0 Å². The van der Waals surface area contributed by atoms with Gasteiger partial charge in [-0.15, -0.1) is 0 Å². The molecule has 1 aromatic carbocycles. The fourth-order valence-corrected chi connectivity index (χ4v) is 4.71. The summed E-state index contributed by atoms with van der Waals surface area (Å²) in [4.78, 5) is 18.0. The molecule has 3 aromatic rings. The van der Waals surface area contributed by atoms with Crippen LogP contribution < -0.4 is 5.32 Å². The summed E-state index contributed by atoms with van der Waals surface area (Å²) in [6.45, 7) is 1.45. The predicted octanol–water partition coefficient (Wildman–Crippen LogP) is 4.19. The van der Waals surface area contributed by atoms with Crippen molar-refractivity contribution in [3.05, 3.63) is 77.8 Å². The summed E-state index contributed by atoms with van der Waals surface area (Å²) in [5.74, 6) is 0.376. The topological polar surface area (TPSA) is 87.8 Å². The molecule has 0 amide bonds. The second kappa shape index (κ2) is 8.72. The molecule has 0 saturated carbocycles. The number of aromatic nitrogens is 1. The van der Waals surface area contributed by atoms with Crippen LogP contribution in [-0.4, -0.2) is 45.3 Å². The zero-order valence-electron chi connectivity index (χ0n) is 17.3. The van der Waals surface area contributed by atoms with Crippen LogP contribution in [0.15, 0.2) is 65.2 Å². The maximum absolute atomic E-state index is 11.4. The number of carboxylic acids is 1. The first-order valence-corrected chi connectivity index (χ1v) is 11.0. The number of carbonyl (C=O) groups is 1. The third kappa shape index (κ3) is 3.99. The SMILES string of the molecule is O=C(O)c1cccc(-c2ccc([C@@H]3[C@@H](c4ccccn4)NC(=S)N3C[C@@H]3CCCO3)o2)c1. The van der Waals surface area contributed by atoms with Gasteiger partial charge in [0.2, 0.25) is 0 Å². The van der Waals surface area contributed by atoms with Crippen molar-refractivity contribution in [2.24, 2.45) is 0 Å². The summed E-state index contributed by atoms with van der Waals surface area (Å²) in [5.41, 5.74) is 1.81. The van der Waals surface area contributed by atoms with Crippen molar-refractivity contribution in [2.75, 3.05) is 13.2 Å². The molecule has 5 rings (SSSR count). The third-order valence-electron chi connectivity index (χ3n) is 5.93. The number of furan rings is 1. The van der Waals surface area contributed by atoms with E-state index in [1.807, 2.05) is 36.4 Å². The Hall–Kier alpha value is -3.23. The van der Waals surface area contributed by atoms with Gasteiger partial charge in [-0.3, -0.25) is 4.98 Å². The molecule has 7 nitrogen and oxygen atoms in total. The molecular formula is C24H23N3O4S. The van der Waals surface area contributed by atoms with E-state index >= 15 is 0 Å². The van der Waals surface area contributed by atoms with Crippen molar-refractivity contribution in [2.45, 2.75) is 31.0 Å². The summed E-state index contributed by atoms with van der Waals surface area (Å²) >= 11 is 5.70. The van der Waals surface area contributed by atoms with Crippen LogP contribution in [0.2, 0.25) is 0 Å². The molecule has 2 aliphatic heterocycles. The second-order valence-electron chi connectivity index (χ2n) is 8.00. The van der Waals surface area contributed by atoms with E-state index in [4.69, 9.17) is 21.4 Å². The monoisotopic (exact) mass is 449 g/mol. The highest BCUT2D eigenvalue weighted by molar-refractivity contribution is 7.80. The number of benzene rings is 1. The van der Waals surface area contributed by atoms with Crippen LogP contribution in [0.4, 0.5) is 0 Å². The molecule has 164 valence electrons. The van der Waals surface area contributed by atoms with Crippen molar-refractivity contribution in [3.8, 4) is 11.3 Å². The van der Waals surface area contributed by atoms with Gasteiger partial charge >= 0.3 is 5.97 Å². The highest BCUT2D eigenvalue weighted by Gasteiger charge is 2.42. The van der Waals surface area contributed by atoms with E-state index in [-0.39, 0.29) is 23.8 Å². The first-order chi connectivity index (χ1) is 15.6. The van der Waals surface area contributed by atoms with Gasteiger partial charge in [-0.1, -0.05) is 18.2 Å². The van der Waals surface area contributed by atoms with Gasteiger partial charge in [0.25, 0.3) is 0 Å². The Bertz CT molecular complexity index is 1130. The first-order valence-electron chi connectivity index (χ1n) is 10.6. The molecular weight excluding hydrogens is 426 g/mol. The molecule has 0 bridgehead atoms. The molecule has 2 N–H and O–H groups in total. The van der Waals surface area contributed by atoms with Gasteiger partial charge in [0.15, 0.2) is 5.11 Å². The normalized spacial score (nSPS) is 22.8. The Kier molecular flexibility index (Phi) is 5.63. The zero-order chi connectivity index (χ0) is 22.1. The number of pyridine rings is 1. The molecule has 0 spiro atoms. The summed E-state index contributed by atoms with van der Waals surface area (Å²) in [7, 11) is 0. The molecule has 32 heavy (non-hydrogen) atoms. The van der Waals surface area contributed by atoms with E-state index in [1.165, 1.54) is 0 Å². The standard InChI is InChI=1S/C24H23N3O4S/c28-23(29)16-6-3-5-15(13-16)19-9-10-20(31-19)22-21(18-8-1-2-11-25-18)26-24(32)27(22)14-17-7-4-12-30-17/h1-3,5-6,8-11,13,17,21-22H,4,7,12,14H2,(H,26,32)(H,28,29)/t17-,21+,22+/m0/s1. The van der Waals surface area contributed by atoms with Crippen LogP contribution in [-0.2, 0) is 4.74 Å². The minimum atomic E-state index is -0.970. The van der Waals surface area contributed by atoms with Gasteiger partial charge in [-0.05, 0) is 61.5 Å². The van der Waals surface area contributed by atoms with Crippen LogP contribution in [0, 0.1) is 0 Å². The van der Waals surface area contributed by atoms with E-state index in [0.29, 0.717) is 23.0 Å². The van der Waals surface area contributed by atoms with Crippen LogP contribution in [0.25, 0.3) is 11.3 Å². The minimum absolute atomic E-state index is 0.126. The number of aromatic carboxylic acids is 1. The molecule has 3 atom stereocenters. The number of hydrogen-bond donors (Lipinski definition) is 2. The van der Waals surface area contributed by atoms with Crippen LogP contribution in [0.5, 0.6) is 0 Å². The second-order valence-corrected chi connectivity index (χ2v) is 8.39. The molecule has 2 fully saturated rings. The Balaban J connectivity index is 1.50. The first kappa shape index (κ1) is 20.7. The number of carboxylic acid groups (broad SMARTS) is 1. The van der Waals surface area contributed by atoms with Gasteiger partial charge in [0.1, 0.15) is 17.6 Å². The highest BCUT2D eigenvalue weighted by Crippen LogP contribution is 2.41. The van der Waals surface area contributed by atoms with Crippen molar-refractivity contribution < 1.29 is 19.1 Å². The molecule has 4 heterocycles. The molecule has 2 aliphatic rings. The third-order valence-corrected chi connectivity index (χ3v) is 6.29. The predicted molar refractivity (Wildman–Crippen MR) is 122 cm³/mol. The molecule has 0 unspecified atom stereocenters. The molecule has 2 aromatic heterocycles. The van der Waals surface area contributed by atoms with Gasteiger partial charge in [-0.2, -0.15) is 0 Å². The Morgan fingerprint density at radius 3 is 2.88 bits per heavy atom. The summed E-state index contributed by atoms with van der Waals surface area (Å²) in [5, 5.41) is 13.4. The van der Waals surface area contributed by atoms with Crippen LogP contribution in [0.3, 0.4) is 0 Å². The summed E-state index contributed by atoms with van der Waals surface area (Å²) < 4.78 is 12.1. The average molecular weight is 450 g/mol. The highest BCUT2D eigenvalue weighted by atomic mass is 32.1. The lowest BCUT2D eigenvalue weighted by Crippen LogP contribution is -2.36. The molecule has 8 heteroatoms. The number of thiocarbonyl (C=S) groups is 1. The number of ether oxygens (including phenoxy) is 1. The van der Waals surface area contributed by atoms with Crippen LogP contribution >= 0.6 is 12.2 Å². The van der Waals surface area contributed by atoms with Gasteiger partial charge in [0.05, 0.1) is 23.4 Å². The van der Waals surface area contributed by atoms with E-state index in [2.05, 4.69) is 15.2 Å². The summed E-state index contributed by atoms with van der Waals surface area (Å²) in [6.07, 6.45) is 3.95. The van der Waals surface area contributed by atoms with E-state index < -0.39 is 5.97 Å². The largest absolute Gasteiger partial charge is 0.478 e. The Morgan fingerprint density at radius 2 is 2.12 bits per heavy atom. The molecule has 0 aliphatic carbocycles. The quantitative estimate of drug-likeness (QED) is 0.542. The fourth-order valence-electron chi connectivity index (χ4n) is 4.39. The lowest BCUT2D eigenvalue weighted by molar-refractivity contribution is 0.0697. The smallest absolute Gasteiger partial charge is 0.335 e. The van der Waals surface area contributed by atoms with E-state index in [0.717, 1.165) is 30.9 Å². The summed E-state index contributed by atoms with van der Waals surface area (Å²) in [6, 6.07) is 16.0. The van der Waals surface area contributed by atoms with Crippen LogP contribution in [0.1, 0.15) is 46.7 Å². The van der Waals surface area contributed by atoms with Crippen molar-refractivity contribution in [1.29, 1.82) is 0 Å². The van der Waals surface area contributed by atoms with Crippen molar-refractivity contribution >= 4 is 23.3 Å². The van der Waals surface area contributed by atoms with Gasteiger partial charge in [0, 0.05) is 24.9 Å². The lowest BCUT2D eigenvalue weighted by atomic mass is 10.0. The van der Waals surface area contributed by atoms with E-state index in [1.54, 1.807) is 24.4 Å². The average Bonchev–Trinajstić information content (AvgIpc) is 3.56. The van der Waals surface area contributed by atoms with E-state index in [9.17, 15) is 9.90 Å². The fraction of sp³-hybridized carbons (Fsp3) is 0.292. The molecule has 0 radical (unpaired) electrons. The Labute approximate surface area is 191 Å². The maximum Gasteiger partial charge on any atom is 0.335 e. The minimum Gasteiger partial charge on any atom is -0.478 e. The van der Waals surface area contributed by atoms with Gasteiger partial charge < -0.3 is 24.5 Å². The number of hydrogen-bond acceptors (Lipinski definition) is 5. The maximum atomic E-state index is 11.4. The number of rotatable bonds is 6. The lowest BCUT2D eigenvalue weighted by Gasteiger charge is -2.28. The molecule has 2 saturated heterocycles. The number of nitrogens with one attached hydrogen (secondary N) is 1. The van der Waals surface area contributed by atoms with Crippen molar-refractivity contribution in [1.82, 2.24) is 15.2 Å². The number of nitrogens with zero attached hydrogens (tertiary/aromatic N) is 2. The Morgan fingerprint density at radius 1 is 1.22 bits per heavy atom. The zero-order valence-corrected chi connectivity index (χ0v) is 18.1. The van der Waals surface area contributed by atoms with Gasteiger partial charge in [-0.25, -0.2) is 4.79 Å².